The first kappa shape index (κ1) is 23.4. The van der Waals surface area contributed by atoms with Crippen LogP contribution in [0.1, 0.15) is 73.6 Å². The van der Waals surface area contributed by atoms with E-state index in [2.05, 4.69) is 102 Å². The second-order valence-electron chi connectivity index (χ2n) is 11.1. The molecule has 0 bridgehead atoms. The zero-order chi connectivity index (χ0) is 23.6. The molecule has 3 aliphatic heterocycles. The van der Waals surface area contributed by atoms with E-state index in [-0.39, 0.29) is 36.5 Å². The summed E-state index contributed by atoms with van der Waals surface area (Å²) in [5.41, 5.74) is 14.6. The maximum absolute atomic E-state index is 5.78. The average Bonchev–Trinajstić information content (AvgIpc) is 3.06. The van der Waals surface area contributed by atoms with Crippen molar-refractivity contribution in [2.45, 2.75) is 72.4 Å². The molecule has 3 aromatic carbocycles. The van der Waals surface area contributed by atoms with E-state index >= 15 is 0 Å². The third-order valence-electron chi connectivity index (χ3n) is 8.76. The number of hydrogen-bond donors (Lipinski definition) is 0. The first-order chi connectivity index (χ1) is 15.5. The van der Waals surface area contributed by atoms with Crippen LogP contribution >= 0.6 is 0 Å². The third kappa shape index (κ3) is 2.51. The van der Waals surface area contributed by atoms with Gasteiger partial charge in [0.2, 0.25) is 0 Å². The molecule has 3 nitrogen and oxygen atoms in total. The molecule has 6 rings (SSSR count). The number of hydrogen-bond acceptors (Lipinski definition) is 3. The summed E-state index contributed by atoms with van der Waals surface area (Å²) >= 11 is 0. The SMILES string of the molecule is COc1ccc2c(c1C)N1c3c(ccc4c3N(c3c(c[c-]c(C)c3C)C4(C)C)[C@@H]1C)C2(C)C.[Ru+]. The molecule has 3 aliphatic rings. The Labute approximate surface area is 216 Å². The minimum Gasteiger partial charge on any atom is -0.496 e. The van der Waals surface area contributed by atoms with Crippen molar-refractivity contribution >= 4 is 22.7 Å². The summed E-state index contributed by atoms with van der Waals surface area (Å²) in [6, 6.07) is 14.9. The predicted molar refractivity (Wildman–Crippen MR) is 137 cm³/mol. The number of methoxy groups -OCH3 is 1. The van der Waals surface area contributed by atoms with E-state index in [0.717, 1.165) is 5.75 Å². The smallest absolute Gasteiger partial charge is 0.496 e. The molecule has 177 valence electrons. The molecule has 0 aliphatic carbocycles. The minimum absolute atomic E-state index is 0. The van der Waals surface area contributed by atoms with Crippen LogP contribution in [0.5, 0.6) is 5.75 Å². The molecule has 0 unspecified atom stereocenters. The van der Waals surface area contributed by atoms with Gasteiger partial charge in [-0.3, -0.25) is 0 Å². The molecular weight excluding hydrogens is 505 g/mol. The Morgan fingerprint density at radius 3 is 1.76 bits per heavy atom. The molecule has 0 aromatic heterocycles. The van der Waals surface area contributed by atoms with Crippen LogP contribution < -0.4 is 14.5 Å². The molecule has 1 atom stereocenters. The molecule has 0 fully saturated rings. The van der Waals surface area contributed by atoms with Crippen molar-refractivity contribution in [1.82, 2.24) is 0 Å². The van der Waals surface area contributed by atoms with Crippen LogP contribution in [-0.4, -0.2) is 13.3 Å². The Kier molecular flexibility index (Phi) is 4.90. The zero-order valence-electron chi connectivity index (χ0n) is 21.6. The van der Waals surface area contributed by atoms with Gasteiger partial charge in [-0.1, -0.05) is 65.4 Å². The van der Waals surface area contributed by atoms with Crippen LogP contribution in [0.3, 0.4) is 0 Å². The number of nitrogens with zero attached hydrogens (tertiary/aromatic N) is 2. The van der Waals surface area contributed by atoms with Crippen LogP contribution in [-0.2, 0) is 30.3 Å². The predicted octanol–water partition coefficient (Wildman–Crippen LogP) is 7.33. The van der Waals surface area contributed by atoms with Gasteiger partial charge in [-0.2, -0.15) is 17.7 Å². The van der Waals surface area contributed by atoms with Gasteiger partial charge in [0, 0.05) is 11.0 Å². The number of anilines is 4. The largest absolute Gasteiger partial charge is 1.00 e. The number of benzene rings is 3. The average molecular weight is 539 g/mol. The molecule has 4 heteroatoms. The van der Waals surface area contributed by atoms with E-state index < -0.39 is 0 Å². The summed E-state index contributed by atoms with van der Waals surface area (Å²) in [5.74, 6) is 0.952. The third-order valence-corrected chi connectivity index (χ3v) is 8.76. The van der Waals surface area contributed by atoms with E-state index in [1.165, 1.54) is 61.7 Å². The first-order valence-corrected chi connectivity index (χ1v) is 12.0. The summed E-state index contributed by atoms with van der Waals surface area (Å²) in [5, 5.41) is 0. The quantitative estimate of drug-likeness (QED) is 0.238. The second kappa shape index (κ2) is 7.11. The zero-order valence-corrected chi connectivity index (χ0v) is 23.4. The molecule has 0 N–H and O–H groups in total. The van der Waals surface area contributed by atoms with Crippen molar-refractivity contribution < 1.29 is 24.2 Å². The van der Waals surface area contributed by atoms with E-state index in [1.54, 1.807) is 7.11 Å². The van der Waals surface area contributed by atoms with Crippen LogP contribution in [0.25, 0.3) is 0 Å². The number of fused-ring (bicyclic) bond motifs is 4. The Morgan fingerprint density at radius 2 is 1.21 bits per heavy atom. The van der Waals surface area contributed by atoms with Gasteiger partial charge in [0.25, 0.3) is 0 Å². The molecule has 0 saturated carbocycles. The summed E-state index contributed by atoms with van der Waals surface area (Å²) < 4.78 is 5.78. The van der Waals surface area contributed by atoms with Crippen molar-refractivity contribution in [3.63, 3.8) is 0 Å². The Hall–Kier alpha value is -2.32. The van der Waals surface area contributed by atoms with E-state index in [1.807, 2.05) is 0 Å². The molecule has 3 heterocycles. The Bertz CT molecular complexity index is 1370. The molecule has 1 radical (unpaired) electrons. The van der Waals surface area contributed by atoms with Crippen molar-refractivity contribution in [1.29, 1.82) is 0 Å². The fraction of sp³-hybridized carbons (Fsp3) is 0.400. The van der Waals surface area contributed by atoms with Crippen molar-refractivity contribution in [3.8, 4) is 5.75 Å². The summed E-state index contributed by atoms with van der Waals surface area (Å²) in [6.07, 6.45) is 0.163. The van der Waals surface area contributed by atoms with Gasteiger partial charge in [-0.25, -0.2) is 0 Å². The van der Waals surface area contributed by atoms with Crippen LogP contribution in [0.2, 0.25) is 0 Å². The van der Waals surface area contributed by atoms with E-state index in [9.17, 15) is 0 Å². The molecule has 34 heavy (non-hydrogen) atoms. The van der Waals surface area contributed by atoms with Crippen LogP contribution in [0.4, 0.5) is 22.7 Å². The number of rotatable bonds is 1. The van der Waals surface area contributed by atoms with Crippen LogP contribution in [0, 0.1) is 26.8 Å². The van der Waals surface area contributed by atoms with Crippen molar-refractivity contribution in [3.05, 3.63) is 75.3 Å². The maximum Gasteiger partial charge on any atom is 1.00 e. The fourth-order valence-electron chi connectivity index (χ4n) is 6.69. The standard InChI is InChI=1S/C30H33N2O.Ru/c1-16-10-11-20-25(17(16)2)31-19(4)32-26-18(3)24(33-9)15-14-21(26)30(7,8)23-13-12-22(29(20,5)6)27(31)28(23)32;/h11-15,19H,1-9H3;/q-1;+1/t19-;/m0./s1. The van der Waals surface area contributed by atoms with Gasteiger partial charge in [-0.05, 0) is 42.0 Å². The first-order valence-electron chi connectivity index (χ1n) is 12.0. The van der Waals surface area contributed by atoms with Crippen LogP contribution in [0.15, 0.2) is 30.3 Å². The van der Waals surface area contributed by atoms with Gasteiger partial charge in [-0.15, -0.1) is 11.1 Å². The van der Waals surface area contributed by atoms with E-state index in [4.69, 9.17) is 4.74 Å². The summed E-state index contributed by atoms with van der Waals surface area (Å²) in [6.45, 7) is 18.5. The van der Waals surface area contributed by atoms with Gasteiger partial charge < -0.3 is 14.5 Å². The fourth-order valence-corrected chi connectivity index (χ4v) is 6.69. The molecule has 3 aromatic rings. The van der Waals surface area contributed by atoms with Gasteiger partial charge in [0.05, 0.1) is 24.2 Å². The molecular formula is C30H33N2ORu. The second-order valence-corrected chi connectivity index (χ2v) is 11.1. The minimum atomic E-state index is -0.0944. The number of aryl methyl sites for hydroxylation is 1. The van der Waals surface area contributed by atoms with Gasteiger partial charge in [0.15, 0.2) is 0 Å². The molecule has 0 saturated heterocycles. The van der Waals surface area contributed by atoms with E-state index in [0.29, 0.717) is 0 Å². The summed E-state index contributed by atoms with van der Waals surface area (Å²) in [4.78, 5) is 5.19. The Morgan fingerprint density at radius 1 is 0.735 bits per heavy atom. The molecule has 0 spiro atoms. The molecule has 0 amide bonds. The van der Waals surface area contributed by atoms with Gasteiger partial charge >= 0.3 is 19.5 Å². The normalized spacial score (nSPS) is 19.7. The van der Waals surface area contributed by atoms with Crippen molar-refractivity contribution in [2.75, 3.05) is 16.9 Å². The monoisotopic (exact) mass is 539 g/mol. The summed E-state index contributed by atoms with van der Waals surface area (Å²) in [7, 11) is 1.77. The topological polar surface area (TPSA) is 15.7 Å². The van der Waals surface area contributed by atoms with Crippen molar-refractivity contribution in [2.24, 2.45) is 0 Å². The Balaban J connectivity index is 0.00000241. The van der Waals surface area contributed by atoms with Gasteiger partial charge in [0.1, 0.15) is 11.9 Å². The number of ether oxygens (including phenoxy) is 1. The maximum atomic E-state index is 5.78.